The van der Waals surface area contributed by atoms with Crippen LogP contribution in [-0.2, 0) is 6.42 Å². The predicted octanol–water partition coefficient (Wildman–Crippen LogP) is 2.85. The van der Waals surface area contributed by atoms with Gasteiger partial charge in [0.1, 0.15) is 5.69 Å². The SMILES string of the molecule is CCc1ccc(NC(=O)c2cc(C)n3nccc3n2)cc1. The Labute approximate surface area is 122 Å². The van der Waals surface area contributed by atoms with Gasteiger partial charge in [-0.1, -0.05) is 19.1 Å². The summed E-state index contributed by atoms with van der Waals surface area (Å²) >= 11 is 0. The van der Waals surface area contributed by atoms with Crippen molar-refractivity contribution in [2.24, 2.45) is 0 Å². The summed E-state index contributed by atoms with van der Waals surface area (Å²) in [5, 5.41) is 7.01. The Bertz CT molecular complexity index is 790. The van der Waals surface area contributed by atoms with Crippen molar-refractivity contribution in [1.29, 1.82) is 0 Å². The lowest BCUT2D eigenvalue weighted by Gasteiger charge is -2.07. The van der Waals surface area contributed by atoms with E-state index in [1.54, 1.807) is 22.8 Å². The molecule has 0 bridgehead atoms. The van der Waals surface area contributed by atoms with Crippen LogP contribution in [0.2, 0.25) is 0 Å². The number of benzene rings is 1. The lowest BCUT2D eigenvalue weighted by atomic mass is 10.1. The van der Waals surface area contributed by atoms with Gasteiger partial charge >= 0.3 is 0 Å². The molecule has 0 radical (unpaired) electrons. The molecule has 0 aliphatic heterocycles. The lowest BCUT2D eigenvalue weighted by molar-refractivity contribution is 0.102. The highest BCUT2D eigenvalue weighted by Gasteiger charge is 2.11. The minimum absolute atomic E-state index is 0.217. The molecule has 21 heavy (non-hydrogen) atoms. The number of amides is 1. The summed E-state index contributed by atoms with van der Waals surface area (Å²) < 4.78 is 1.70. The summed E-state index contributed by atoms with van der Waals surface area (Å²) in [6.07, 6.45) is 2.65. The number of aryl methyl sites for hydroxylation is 2. The zero-order valence-corrected chi connectivity index (χ0v) is 12.0. The number of carbonyl (C=O) groups excluding carboxylic acids is 1. The van der Waals surface area contributed by atoms with Gasteiger partial charge in [0.05, 0.1) is 6.20 Å². The summed E-state index contributed by atoms with van der Waals surface area (Å²) in [5.74, 6) is -0.217. The molecule has 106 valence electrons. The Kier molecular flexibility index (Phi) is 3.39. The molecule has 3 aromatic rings. The highest BCUT2D eigenvalue weighted by atomic mass is 16.1. The number of nitrogens with zero attached hydrogens (tertiary/aromatic N) is 3. The van der Waals surface area contributed by atoms with E-state index in [4.69, 9.17) is 0 Å². The quantitative estimate of drug-likeness (QED) is 0.802. The Morgan fingerprint density at radius 3 is 2.71 bits per heavy atom. The molecule has 1 aromatic carbocycles. The largest absolute Gasteiger partial charge is 0.321 e. The summed E-state index contributed by atoms with van der Waals surface area (Å²) in [7, 11) is 0. The van der Waals surface area contributed by atoms with Crippen molar-refractivity contribution in [3.05, 3.63) is 59.5 Å². The number of fused-ring (bicyclic) bond motifs is 1. The number of rotatable bonds is 3. The van der Waals surface area contributed by atoms with Gasteiger partial charge in [-0.05, 0) is 37.1 Å². The third-order valence-electron chi connectivity index (χ3n) is 3.39. The molecule has 0 saturated carbocycles. The van der Waals surface area contributed by atoms with E-state index in [1.807, 2.05) is 31.2 Å². The zero-order chi connectivity index (χ0) is 14.8. The van der Waals surface area contributed by atoms with Crippen LogP contribution in [0, 0.1) is 6.92 Å². The maximum Gasteiger partial charge on any atom is 0.274 e. The number of hydrogen-bond acceptors (Lipinski definition) is 3. The van der Waals surface area contributed by atoms with Crippen molar-refractivity contribution in [2.45, 2.75) is 20.3 Å². The van der Waals surface area contributed by atoms with E-state index in [0.717, 1.165) is 17.8 Å². The highest BCUT2D eigenvalue weighted by Crippen LogP contribution is 2.12. The van der Waals surface area contributed by atoms with Crippen LogP contribution in [0.3, 0.4) is 0 Å². The average Bonchev–Trinajstić information content (AvgIpc) is 2.97. The lowest BCUT2D eigenvalue weighted by Crippen LogP contribution is -2.15. The van der Waals surface area contributed by atoms with E-state index in [0.29, 0.717) is 11.3 Å². The first-order valence-corrected chi connectivity index (χ1v) is 6.89. The molecule has 0 aliphatic carbocycles. The summed E-state index contributed by atoms with van der Waals surface area (Å²) in [5.41, 5.74) is 3.94. The van der Waals surface area contributed by atoms with Crippen LogP contribution in [0.5, 0.6) is 0 Å². The Morgan fingerprint density at radius 2 is 2.00 bits per heavy atom. The standard InChI is InChI=1S/C16H16N4O/c1-3-12-4-6-13(7-5-12)18-16(21)14-10-11(2)20-15(19-14)8-9-17-20/h4-10H,3H2,1-2H3,(H,18,21). The molecule has 0 unspecified atom stereocenters. The van der Waals surface area contributed by atoms with Crippen LogP contribution in [0.15, 0.2) is 42.6 Å². The van der Waals surface area contributed by atoms with Gasteiger partial charge in [0.15, 0.2) is 5.65 Å². The van der Waals surface area contributed by atoms with Crippen molar-refractivity contribution < 1.29 is 4.79 Å². The van der Waals surface area contributed by atoms with E-state index >= 15 is 0 Å². The molecule has 0 atom stereocenters. The Balaban J connectivity index is 1.85. The average molecular weight is 280 g/mol. The Morgan fingerprint density at radius 1 is 1.24 bits per heavy atom. The van der Waals surface area contributed by atoms with Gasteiger partial charge < -0.3 is 5.32 Å². The summed E-state index contributed by atoms with van der Waals surface area (Å²) in [6, 6.07) is 11.3. The molecule has 1 amide bonds. The Hall–Kier alpha value is -2.69. The molecular weight excluding hydrogens is 264 g/mol. The fraction of sp³-hybridized carbons (Fsp3) is 0.188. The van der Waals surface area contributed by atoms with E-state index in [9.17, 15) is 4.79 Å². The van der Waals surface area contributed by atoms with Gasteiger partial charge in [0.25, 0.3) is 5.91 Å². The third kappa shape index (κ3) is 2.63. The van der Waals surface area contributed by atoms with E-state index in [1.165, 1.54) is 5.56 Å². The van der Waals surface area contributed by atoms with Crippen LogP contribution in [0.1, 0.15) is 28.7 Å². The van der Waals surface area contributed by atoms with Crippen LogP contribution in [-0.4, -0.2) is 20.5 Å². The number of nitrogens with one attached hydrogen (secondary N) is 1. The highest BCUT2D eigenvalue weighted by molar-refractivity contribution is 6.03. The first kappa shape index (κ1) is 13.3. The molecular formula is C16H16N4O. The molecule has 0 spiro atoms. The van der Waals surface area contributed by atoms with Crippen LogP contribution in [0.25, 0.3) is 5.65 Å². The van der Waals surface area contributed by atoms with Crippen molar-refractivity contribution >= 4 is 17.2 Å². The smallest absolute Gasteiger partial charge is 0.274 e. The van der Waals surface area contributed by atoms with E-state index < -0.39 is 0 Å². The zero-order valence-electron chi connectivity index (χ0n) is 12.0. The summed E-state index contributed by atoms with van der Waals surface area (Å²) in [6.45, 7) is 4.00. The monoisotopic (exact) mass is 280 g/mol. The van der Waals surface area contributed by atoms with Gasteiger partial charge in [-0.15, -0.1) is 0 Å². The van der Waals surface area contributed by atoms with Crippen molar-refractivity contribution in [1.82, 2.24) is 14.6 Å². The third-order valence-corrected chi connectivity index (χ3v) is 3.39. The minimum atomic E-state index is -0.217. The molecule has 5 heteroatoms. The van der Waals surface area contributed by atoms with Crippen LogP contribution in [0.4, 0.5) is 5.69 Å². The molecule has 0 saturated heterocycles. The van der Waals surface area contributed by atoms with E-state index in [2.05, 4.69) is 22.3 Å². The molecule has 5 nitrogen and oxygen atoms in total. The normalized spacial score (nSPS) is 10.8. The van der Waals surface area contributed by atoms with Gasteiger partial charge in [-0.2, -0.15) is 5.10 Å². The van der Waals surface area contributed by atoms with Gasteiger partial charge in [0, 0.05) is 17.4 Å². The summed E-state index contributed by atoms with van der Waals surface area (Å²) in [4.78, 5) is 16.6. The fourth-order valence-electron chi connectivity index (χ4n) is 2.20. The molecule has 1 N–H and O–H groups in total. The van der Waals surface area contributed by atoms with Crippen LogP contribution < -0.4 is 5.32 Å². The molecule has 0 fully saturated rings. The number of aromatic nitrogens is 3. The minimum Gasteiger partial charge on any atom is -0.321 e. The first-order valence-electron chi connectivity index (χ1n) is 6.89. The van der Waals surface area contributed by atoms with Gasteiger partial charge in [0.2, 0.25) is 0 Å². The van der Waals surface area contributed by atoms with Crippen molar-refractivity contribution in [3.8, 4) is 0 Å². The maximum atomic E-state index is 12.3. The fourth-order valence-corrected chi connectivity index (χ4v) is 2.20. The number of hydrogen-bond donors (Lipinski definition) is 1. The van der Waals surface area contributed by atoms with Gasteiger partial charge in [-0.3, -0.25) is 4.79 Å². The predicted molar refractivity (Wildman–Crippen MR) is 81.5 cm³/mol. The number of anilines is 1. The van der Waals surface area contributed by atoms with Crippen LogP contribution >= 0.6 is 0 Å². The number of carbonyl (C=O) groups is 1. The van der Waals surface area contributed by atoms with Gasteiger partial charge in [-0.25, -0.2) is 9.50 Å². The second kappa shape index (κ2) is 5.36. The van der Waals surface area contributed by atoms with Crippen molar-refractivity contribution in [3.63, 3.8) is 0 Å². The first-order chi connectivity index (χ1) is 10.2. The molecule has 3 rings (SSSR count). The topological polar surface area (TPSA) is 59.3 Å². The molecule has 2 aromatic heterocycles. The maximum absolute atomic E-state index is 12.3. The second-order valence-corrected chi connectivity index (χ2v) is 4.89. The van der Waals surface area contributed by atoms with E-state index in [-0.39, 0.29) is 5.91 Å². The molecule has 0 aliphatic rings. The molecule has 2 heterocycles. The van der Waals surface area contributed by atoms with Crippen molar-refractivity contribution in [2.75, 3.05) is 5.32 Å². The second-order valence-electron chi connectivity index (χ2n) is 4.89.